The first-order chi connectivity index (χ1) is 9.69. The summed E-state index contributed by atoms with van der Waals surface area (Å²) in [6, 6.07) is 8.24. The van der Waals surface area contributed by atoms with Crippen LogP contribution in [0.2, 0.25) is 0 Å². The second-order valence-electron chi connectivity index (χ2n) is 4.94. The molecule has 1 unspecified atom stereocenters. The molecule has 0 fully saturated rings. The van der Waals surface area contributed by atoms with E-state index in [1.807, 2.05) is 35.1 Å². The zero-order valence-electron chi connectivity index (χ0n) is 12.7. The molecule has 1 aromatic carbocycles. The maximum absolute atomic E-state index is 5.41. The van der Waals surface area contributed by atoms with Crippen LogP contribution < -0.4 is 10.1 Å². The minimum absolute atomic E-state index is 0.304. The van der Waals surface area contributed by atoms with Crippen molar-refractivity contribution in [2.45, 2.75) is 33.2 Å². The van der Waals surface area contributed by atoms with Crippen molar-refractivity contribution >= 4 is 0 Å². The Kier molecular flexibility index (Phi) is 4.79. The van der Waals surface area contributed by atoms with E-state index in [-0.39, 0.29) is 0 Å². The second-order valence-corrected chi connectivity index (χ2v) is 4.94. The van der Waals surface area contributed by atoms with Crippen molar-refractivity contribution in [3.8, 4) is 11.4 Å². The average molecular weight is 273 g/mol. The molecule has 2 aromatic rings. The Morgan fingerprint density at radius 1 is 1.35 bits per heavy atom. The minimum atomic E-state index is 0.304. The summed E-state index contributed by atoms with van der Waals surface area (Å²) in [5.41, 5.74) is 3.34. The van der Waals surface area contributed by atoms with Gasteiger partial charge in [0.1, 0.15) is 11.4 Å². The second kappa shape index (κ2) is 6.57. The third-order valence-electron chi connectivity index (χ3n) is 3.53. The lowest BCUT2D eigenvalue weighted by Crippen LogP contribution is -2.19. The third kappa shape index (κ3) is 2.85. The lowest BCUT2D eigenvalue weighted by atomic mass is 10.1. The van der Waals surface area contributed by atoms with Gasteiger partial charge in [-0.1, -0.05) is 19.1 Å². The van der Waals surface area contributed by atoms with E-state index in [1.54, 1.807) is 7.11 Å². The van der Waals surface area contributed by atoms with E-state index in [4.69, 9.17) is 4.74 Å². The van der Waals surface area contributed by atoms with Crippen molar-refractivity contribution in [1.82, 2.24) is 15.1 Å². The molecule has 0 saturated heterocycles. The molecule has 2 rings (SSSR count). The zero-order valence-corrected chi connectivity index (χ0v) is 12.7. The van der Waals surface area contributed by atoms with Gasteiger partial charge in [0.05, 0.1) is 13.3 Å². The van der Waals surface area contributed by atoms with Crippen LogP contribution >= 0.6 is 0 Å². The van der Waals surface area contributed by atoms with Gasteiger partial charge < -0.3 is 10.1 Å². The van der Waals surface area contributed by atoms with Gasteiger partial charge in [0, 0.05) is 17.3 Å². The summed E-state index contributed by atoms with van der Waals surface area (Å²) in [5, 5.41) is 8.02. The van der Waals surface area contributed by atoms with E-state index < -0.39 is 0 Å². The molecule has 4 heteroatoms. The van der Waals surface area contributed by atoms with Crippen molar-refractivity contribution in [3.05, 3.63) is 41.7 Å². The van der Waals surface area contributed by atoms with E-state index in [0.717, 1.165) is 30.1 Å². The van der Waals surface area contributed by atoms with Crippen molar-refractivity contribution < 1.29 is 4.74 Å². The molecule has 0 saturated carbocycles. The normalized spacial score (nSPS) is 12.4. The van der Waals surface area contributed by atoms with Crippen LogP contribution in [0.5, 0.6) is 5.75 Å². The highest BCUT2D eigenvalue weighted by atomic mass is 16.5. The van der Waals surface area contributed by atoms with Gasteiger partial charge in [0.15, 0.2) is 0 Å². The number of benzene rings is 1. The average Bonchev–Trinajstić information content (AvgIpc) is 2.86. The van der Waals surface area contributed by atoms with Crippen molar-refractivity contribution in [2.24, 2.45) is 0 Å². The Morgan fingerprint density at radius 2 is 2.10 bits per heavy atom. The van der Waals surface area contributed by atoms with Crippen molar-refractivity contribution in [2.75, 3.05) is 13.7 Å². The van der Waals surface area contributed by atoms with Crippen LogP contribution in [-0.4, -0.2) is 23.4 Å². The van der Waals surface area contributed by atoms with E-state index in [0.29, 0.717) is 6.04 Å². The Hall–Kier alpha value is -1.81. The molecule has 0 radical (unpaired) electrons. The summed E-state index contributed by atoms with van der Waals surface area (Å²) in [6.07, 6.45) is 3.07. The fourth-order valence-corrected chi connectivity index (χ4v) is 2.37. The van der Waals surface area contributed by atoms with Gasteiger partial charge in [-0.15, -0.1) is 0 Å². The first kappa shape index (κ1) is 14.6. The monoisotopic (exact) mass is 273 g/mol. The van der Waals surface area contributed by atoms with Gasteiger partial charge in [0.2, 0.25) is 0 Å². The molecule has 20 heavy (non-hydrogen) atoms. The van der Waals surface area contributed by atoms with Gasteiger partial charge in [-0.05, 0) is 38.9 Å². The van der Waals surface area contributed by atoms with Crippen LogP contribution in [0.4, 0.5) is 0 Å². The van der Waals surface area contributed by atoms with Gasteiger partial charge in [-0.3, -0.25) is 0 Å². The maximum atomic E-state index is 5.41. The number of ether oxygens (including phenoxy) is 1. The number of para-hydroxylation sites is 2. The smallest absolute Gasteiger partial charge is 0.144 e. The number of methoxy groups -OCH3 is 1. The fraction of sp³-hybridized carbons (Fsp3) is 0.438. The summed E-state index contributed by atoms with van der Waals surface area (Å²) in [4.78, 5) is 0. The Morgan fingerprint density at radius 3 is 2.80 bits per heavy atom. The number of hydrogen-bond donors (Lipinski definition) is 1. The summed E-state index contributed by atoms with van der Waals surface area (Å²) >= 11 is 0. The molecule has 1 heterocycles. The number of nitrogens with zero attached hydrogens (tertiary/aromatic N) is 2. The zero-order chi connectivity index (χ0) is 14.5. The predicted octanol–water partition coefficient (Wildman–Crippen LogP) is 3.25. The summed E-state index contributed by atoms with van der Waals surface area (Å²) in [7, 11) is 1.68. The Labute approximate surface area is 120 Å². The molecule has 0 aliphatic rings. The molecule has 108 valence electrons. The largest absolute Gasteiger partial charge is 0.494 e. The number of hydrogen-bond acceptors (Lipinski definition) is 3. The van der Waals surface area contributed by atoms with Crippen LogP contribution in [0.15, 0.2) is 30.5 Å². The van der Waals surface area contributed by atoms with E-state index >= 15 is 0 Å². The van der Waals surface area contributed by atoms with Crippen LogP contribution in [-0.2, 0) is 0 Å². The molecule has 0 aliphatic carbocycles. The SMILES string of the molecule is CCCNC(C)c1cnn(-c2ccccc2OC)c1C. The van der Waals surface area contributed by atoms with E-state index in [1.165, 1.54) is 5.56 Å². The van der Waals surface area contributed by atoms with E-state index in [2.05, 4.69) is 31.2 Å². The Balaban J connectivity index is 2.33. The molecule has 1 aromatic heterocycles. The molecule has 4 nitrogen and oxygen atoms in total. The van der Waals surface area contributed by atoms with Crippen LogP contribution in [0.1, 0.15) is 37.6 Å². The number of rotatable bonds is 6. The van der Waals surface area contributed by atoms with Crippen LogP contribution in [0, 0.1) is 6.92 Å². The predicted molar refractivity (Wildman–Crippen MR) is 81.6 cm³/mol. The molecular formula is C16H23N3O. The van der Waals surface area contributed by atoms with E-state index in [9.17, 15) is 0 Å². The van der Waals surface area contributed by atoms with Crippen molar-refractivity contribution in [3.63, 3.8) is 0 Å². The van der Waals surface area contributed by atoms with Gasteiger partial charge in [-0.25, -0.2) is 4.68 Å². The number of aromatic nitrogens is 2. The Bertz CT molecular complexity index is 563. The summed E-state index contributed by atoms with van der Waals surface area (Å²) in [5.74, 6) is 0.833. The van der Waals surface area contributed by atoms with Gasteiger partial charge in [0.25, 0.3) is 0 Å². The third-order valence-corrected chi connectivity index (χ3v) is 3.53. The lowest BCUT2D eigenvalue weighted by molar-refractivity contribution is 0.411. The summed E-state index contributed by atoms with van der Waals surface area (Å²) < 4.78 is 7.36. The van der Waals surface area contributed by atoms with Crippen LogP contribution in [0.25, 0.3) is 5.69 Å². The minimum Gasteiger partial charge on any atom is -0.494 e. The summed E-state index contributed by atoms with van der Waals surface area (Å²) in [6.45, 7) is 7.45. The maximum Gasteiger partial charge on any atom is 0.144 e. The first-order valence-corrected chi connectivity index (χ1v) is 7.10. The first-order valence-electron chi connectivity index (χ1n) is 7.10. The molecule has 0 spiro atoms. The lowest BCUT2D eigenvalue weighted by Gasteiger charge is -2.14. The van der Waals surface area contributed by atoms with Gasteiger partial charge in [-0.2, -0.15) is 5.10 Å². The van der Waals surface area contributed by atoms with Crippen molar-refractivity contribution in [1.29, 1.82) is 0 Å². The highest BCUT2D eigenvalue weighted by molar-refractivity contribution is 5.47. The fourth-order valence-electron chi connectivity index (χ4n) is 2.37. The topological polar surface area (TPSA) is 39.1 Å². The highest BCUT2D eigenvalue weighted by Gasteiger charge is 2.15. The van der Waals surface area contributed by atoms with Gasteiger partial charge >= 0.3 is 0 Å². The molecule has 1 atom stereocenters. The highest BCUT2D eigenvalue weighted by Crippen LogP contribution is 2.26. The molecular weight excluding hydrogens is 250 g/mol. The molecule has 0 aliphatic heterocycles. The van der Waals surface area contributed by atoms with Crippen LogP contribution in [0.3, 0.4) is 0 Å². The molecule has 1 N–H and O–H groups in total. The quantitative estimate of drug-likeness (QED) is 0.878. The molecule has 0 amide bonds. The molecule has 0 bridgehead atoms. The number of nitrogens with one attached hydrogen (secondary N) is 1. The standard InChI is InChI=1S/C16H23N3O/c1-5-10-17-12(2)14-11-18-19(13(14)3)15-8-6-7-9-16(15)20-4/h6-9,11-12,17H,5,10H2,1-4H3.